The van der Waals surface area contributed by atoms with Crippen molar-refractivity contribution in [3.05, 3.63) is 47.0 Å². The van der Waals surface area contributed by atoms with Crippen LogP contribution < -0.4 is 0 Å². The quantitative estimate of drug-likeness (QED) is 0.801. The lowest BCUT2D eigenvalue weighted by Crippen LogP contribution is -2.57. The lowest BCUT2D eigenvalue weighted by atomic mass is 9.76. The van der Waals surface area contributed by atoms with Crippen LogP contribution in [0.3, 0.4) is 0 Å². The number of benzene rings is 1. The summed E-state index contributed by atoms with van der Waals surface area (Å²) in [7, 11) is 0. The van der Waals surface area contributed by atoms with Crippen molar-refractivity contribution in [1.82, 2.24) is 9.80 Å². The minimum atomic E-state index is -0.675. The van der Waals surface area contributed by atoms with Gasteiger partial charge in [-0.05, 0) is 30.5 Å². The summed E-state index contributed by atoms with van der Waals surface area (Å²) >= 11 is 0. The van der Waals surface area contributed by atoms with Crippen molar-refractivity contribution in [2.24, 2.45) is 11.8 Å². The van der Waals surface area contributed by atoms with E-state index in [-0.39, 0.29) is 17.9 Å². The number of aliphatic hydroxyl groups is 1. The lowest BCUT2D eigenvalue weighted by Gasteiger charge is -2.39. The Labute approximate surface area is 158 Å². The summed E-state index contributed by atoms with van der Waals surface area (Å²) in [5, 5.41) is 9.51. The molecule has 4 atom stereocenters. The van der Waals surface area contributed by atoms with Gasteiger partial charge in [-0.2, -0.15) is 0 Å². The van der Waals surface area contributed by atoms with E-state index < -0.39 is 23.5 Å². The van der Waals surface area contributed by atoms with Crippen LogP contribution in [0.1, 0.15) is 16.7 Å². The van der Waals surface area contributed by atoms with Crippen molar-refractivity contribution < 1.29 is 19.4 Å². The standard InChI is InChI=1S/C21H24N2O4/c1-12-3-4-14(7-13(12)2)8-23-11-21-6-5-16(27-21)17(18(21)20(23)26)19(25)22-9-15(24)10-22/h3-7,15-18,24H,8-11H2,1-2H3/t16-,17?,18?,21-/m1/s1. The lowest BCUT2D eigenvalue weighted by molar-refractivity contribution is -0.151. The number of amides is 2. The first-order chi connectivity index (χ1) is 12.9. The molecule has 0 aromatic heterocycles. The Bertz CT molecular complexity index is 860. The van der Waals surface area contributed by atoms with E-state index in [0.717, 1.165) is 5.56 Å². The van der Waals surface area contributed by atoms with Crippen LogP contribution in [-0.2, 0) is 20.9 Å². The van der Waals surface area contributed by atoms with Gasteiger partial charge in [0.1, 0.15) is 5.60 Å². The largest absolute Gasteiger partial charge is 0.389 e. The van der Waals surface area contributed by atoms with E-state index in [1.54, 1.807) is 4.90 Å². The number of rotatable bonds is 3. The molecule has 3 saturated heterocycles. The molecule has 0 radical (unpaired) electrons. The van der Waals surface area contributed by atoms with Gasteiger partial charge in [0.25, 0.3) is 0 Å². The van der Waals surface area contributed by atoms with Crippen LogP contribution in [0.25, 0.3) is 0 Å². The molecule has 3 fully saturated rings. The fourth-order valence-electron chi connectivity index (χ4n) is 4.96. The van der Waals surface area contributed by atoms with Gasteiger partial charge in [-0.15, -0.1) is 0 Å². The summed E-state index contributed by atoms with van der Waals surface area (Å²) in [6.07, 6.45) is 3.14. The summed E-state index contributed by atoms with van der Waals surface area (Å²) in [6, 6.07) is 6.25. The van der Waals surface area contributed by atoms with Crippen molar-refractivity contribution in [2.75, 3.05) is 19.6 Å². The van der Waals surface area contributed by atoms with Crippen molar-refractivity contribution >= 4 is 11.8 Å². The molecular formula is C21H24N2O4. The topological polar surface area (TPSA) is 70.1 Å². The van der Waals surface area contributed by atoms with Crippen molar-refractivity contribution in [3.8, 4) is 0 Å². The van der Waals surface area contributed by atoms with E-state index in [1.165, 1.54) is 11.1 Å². The maximum absolute atomic E-state index is 13.2. The Balaban J connectivity index is 1.39. The van der Waals surface area contributed by atoms with E-state index in [2.05, 4.69) is 32.0 Å². The number of aliphatic hydroxyl groups excluding tert-OH is 1. The van der Waals surface area contributed by atoms with Crippen LogP contribution in [-0.4, -0.2) is 64.2 Å². The molecule has 2 unspecified atom stereocenters. The molecule has 4 aliphatic heterocycles. The molecule has 4 heterocycles. The molecule has 1 N–H and O–H groups in total. The molecular weight excluding hydrogens is 344 g/mol. The molecule has 1 aromatic carbocycles. The van der Waals surface area contributed by atoms with Gasteiger partial charge < -0.3 is 19.6 Å². The van der Waals surface area contributed by atoms with Gasteiger partial charge in [0, 0.05) is 19.6 Å². The number of β-amino-alcohol motifs (C(OH)–C–C–N with tert-alkyl or cyclic N) is 1. The first-order valence-corrected chi connectivity index (χ1v) is 9.57. The van der Waals surface area contributed by atoms with Crippen LogP contribution in [0.2, 0.25) is 0 Å². The molecule has 142 valence electrons. The maximum Gasteiger partial charge on any atom is 0.230 e. The Morgan fingerprint density at radius 1 is 1.30 bits per heavy atom. The highest BCUT2D eigenvalue weighted by Crippen LogP contribution is 2.52. The second-order valence-electron chi connectivity index (χ2n) is 8.41. The average Bonchev–Trinajstić information content (AvgIpc) is 3.23. The number of carbonyl (C=O) groups excluding carboxylic acids is 2. The predicted octanol–water partition coefficient (Wildman–Crippen LogP) is 0.789. The van der Waals surface area contributed by atoms with Gasteiger partial charge in [0.05, 0.1) is 30.6 Å². The molecule has 0 saturated carbocycles. The third-order valence-electron chi connectivity index (χ3n) is 6.58. The minimum absolute atomic E-state index is 0.000463. The Morgan fingerprint density at radius 3 is 2.78 bits per heavy atom. The second-order valence-corrected chi connectivity index (χ2v) is 8.41. The molecule has 6 heteroatoms. The minimum Gasteiger partial charge on any atom is -0.389 e. The normalized spacial score (nSPS) is 34.3. The van der Waals surface area contributed by atoms with Gasteiger partial charge >= 0.3 is 0 Å². The number of likely N-dealkylation sites (tertiary alicyclic amines) is 2. The van der Waals surface area contributed by atoms with Gasteiger partial charge in [0.2, 0.25) is 11.8 Å². The average molecular weight is 368 g/mol. The van der Waals surface area contributed by atoms with Crippen molar-refractivity contribution in [3.63, 3.8) is 0 Å². The van der Waals surface area contributed by atoms with E-state index in [0.29, 0.717) is 26.2 Å². The van der Waals surface area contributed by atoms with Crippen molar-refractivity contribution in [1.29, 1.82) is 0 Å². The summed E-state index contributed by atoms with van der Waals surface area (Å²) in [5.74, 6) is -0.994. The van der Waals surface area contributed by atoms with Crippen molar-refractivity contribution in [2.45, 2.75) is 38.2 Å². The number of fused-ring (bicyclic) bond motifs is 1. The Hall–Kier alpha value is -2.18. The summed E-state index contributed by atoms with van der Waals surface area (Å²) < 4.78 is 6.16. The van der Waals surface area contributed by atoms with Gasteiger partial charge in [0.15, 0.2) is 0 Å². The van der Waals surface area contributed by atoms with Gasteiger partial charge in [-0.25, -0.2) is 0 Å². The van der Waals surface area contributed by atoms with Gasteiger partial charge in [-0.1, -0.05) is 30.4 Å². The fourth-order valence-corrected chi connectivity index (χ4v) is 4.96. The monoisotopic (exact) mass is 368 g/mol. The predicted molar refractivity (Wildman–Crippen MR) is 97.6 cm³/mol. The molecule has 0 aliphatic carbocycles. The van der Waals surface area contributed by atoms with Crippen LogP contribution in [0.15, 0.2) is 30.4 Å². The molecule has 4 aliphatic rings. The van der Waals surface area contributed by atoms with E-state index in [4.69, 9.17) is 4.74 Å². The van der Waals surface area contributed by atoms with E-state index in [1.807, 2.05) is 17.1 Å². The number of carbonyl (C=O) groups is 2. The van der Waals surface area contributed by atoms with Crippen LogP contribution in [0.4, 0.5) is 0 Å². The maximum atomic E-state index is 13.2. The van der Waals surface area contributed by atoms with Gasteiger partial charge in [-0.3, -0.25) is 9.59 Å². The van der Waals surface area contributed by atoms with E-state index >= 15 is 0 Å². The SMILES string of the molecule is Cc1ccc(CN2C[C@@]34C=C[C@@H](O3)C(C(=O)N3CC(O)C3)C4C2=O)cc1C. The highest BCUT2D eigenvalue weighted by atomic mass is 16.5. The highest BCUT2D eigenvalue weighted by Gasteiger charge is 2.67. The summed E-state index contributed by atoms with van der Waals surface area (Å²) in [6.45, 7) is 5.87. The van der Waals surface area contributed by atoms with Crippen LogP contribution >= 0.6 is 0 Å². The molecule has 2 amide bonds. The molecule has 5 rings (SSSR count). The third-order valence-corrected chi connectivity index (χ3v) is 6.58. The fraction of sp³-hybridized carbons (Fsp3) is 0.524. The zero-order chi connectivity index (χ0) is 18.9. The zero-order valence-corrected chi connectivity index (χ0v) is 15.6. The smallest absolute Gasteiger partial charge is 0.230 e. The number of aryl methyl sites for hydroxylation is 2. The molecule has 1 aromatic rings. The van der Waals surface area contributed by atoms with E-state index in [9.17, 15) is 14.7 Å². The van der Waals surface area contributed by atoms with Crippen LogP contribution in [0.5, 0.6) is 0 Å². The molecule has 6 nitrogen and oxygen atoms in total. The summed E-state index contributed by atoms with van der Waals surface area (Å²) in [5.41, 5.74) is 2.86. The van der Waals surface area contributed by atoms with Crippen LogP contribution in [0, 0.1) is 25.7 Å². The zero-order valence-electron chi connectivity index (χ0n) is 15.6. The molecule has 2 bridgehead atoms. The second kappa shape index (κ2) is 5.66. The Kier molecular flexibility index (Phi) is 3.55. The number of ether oxygens (including phenoxy) is 1. The Morgan fingerprint density at radius 2 is 2.07 bits per heavy atom. The highest BCUT2D eigenvalue weighted by molar-refractivity contribution is 5.93. The number of nitrogens with zero attached hydrogens (tertiary/aromatic N) is 2. The first-order valence-electron chi connectivity index (χ1n) is 9.57. The third kappa shape index (κ3) is 2.39. The molecule has 27 heavy (non-hydrogen) atoms. The number of hydrogen-bond acceptors (Lipinski definition) is 4. The summed E-state index contributed by atoms with van der Waals surface area (Å²) in [4.78, 5) is 29.6. The first kappa shape index (κ1) is 17.0. The molecule has 1 spiro atoms. The number of hydrogen-bond donors (Lipinski definition) is 1.